The number of nitriles is 1. The molecule has 1 amide bonds. The molecule has 5 nitrogen and oxygen atoms in total. The quantitative estimate of drug-likeness (QED) is 0.428. The highest BCUT2D eigenvalue weighted by atomic mass is 32.2. The van der Waals surface area contributed by atoms with E-state index in [1.54, 1.807) is 16.7 Å². The fraction of sp³-hybridized carbons (Fsp3) is 0.368. The number of anilines is 1. The standard InChI is InChI=1S/C19H22N4OS3/c1-13(2)11-25-18-21-22-19(27-18)26-12-17(24)23(7-5-6-20)16-9-14(3)8-15(4)10-16/h8-10H,1,5,7,11-12H2,2-4H3. The van der Waals surface area contributed by atoms with Gasteiger partial charge < -0.3 is 4.90 Å². The van der Waals surface area contributed by atoms with Gasteiger partial charge in [0, 0.05) is 18.0 Å². The van der Waals surface area contributed by atoms with Crippen molar-refractivity contribution < 1.29 is 4.79 Å². The van der Waals surface area contributed by atoms with Crippen molar-refractivity contribution in [2.45, 2.75) is 35.9 Å². The van der Waals surface area contributed by atoms with Crippen molar-refractivity contribution in [2.24, 2.45) is 0 Å². The average molecular weight is 419 g/mol. The zero-order valence-electron chi connectivity index (χ0n) is 15.7. The molecule has 27 heavy (non-hydrogen) atoms. The van der Waals surface area contributed by atoms with Gasteiger partial charge in [0.1, 0.15) is 0 Å². The number of hydrogen-bond acceptors (Lipinski definition) is 7. The summed E-state index contributed by atoms with van der Waals surface area (Å²) in [7, 11) is 0. The van der Waals surface area contributed by atoms with Crippen LogP contribution in [0.25, 0.3) is 0 Å². The van der Waals surface area contributed by atoms with Crippen LogP contribution in [0, 0.1) is 25.2 Å². The predicted molar refractivity (Wildman–Crippen MR) is 115 cm³/mol. The van der Waals surface area contributed by atoms with Gasteiger partial charge in [-0.25, -0.2) is 0 Å². The third kappa shape index (κ3) is 7.01. The molecule has 0 bridgehead atoms. The molecule has 1 heterocycles. The number of carbonyl (C=O) groups is 1. The van der Waals surface area contributed by atoms with Crippen LogP contribution in [0.3, 0.4) is 0 Å². The normalized spacial score (nSPS) is 10.4. The van der Waals surface area contributed by atoms with Crippen LogP contribution in [0.4, 0.5) is 5.69 Å². The van der Waals surface area contributed by atoms with E-state index in [1.807, 2.05) is 32.9 Å². The summed E-state index contributed by atoms with van der Waals surface area (Å²) in [5.74, 6) is 1.04. The van der Waals surface area contributed by atoms with Crippen molar-refractivity contribution >= 4 is 46.5 Å². The maximum atomic E-state index is 12.8. The lowest BCUT2D eigenvalue weighted by Gasteiger charge is -2.22. The lowest BCUT2D eigenvalue weighted by molar-refractivity contribution is -0.116. The van der Waals surface area contributed by atoms with E-state index < -0.39 is 0 Å². The first kappa shape index (κ1) is 21.5. The largest absolute Gasteiger partial charge is 0.311 e. The molecular weight excluding hydrogens is 396 g/mol. The van der Waals surface area contributed by atoms with Crippen molar-refractivity contribution in [3.63, 3.8) is 0 Å². The first-order valence-corrected chi connectivity index (χ1v) is 11.2. The van der Waals surface area contributed by atoms with Crippen LogP contribution in [0.15, 0.2) is 39.0 Å². The van der Waals surface area contributed by atoms with Crippen molar-refractivity contribution in [1.82, 2.24) is 10.2 Å². The van der Waals surface area contributed by atoms with Gasteiger partial charge in [-0.05, 0) is 44.0 Å². The van der Waals surface area contributed by atoms with Crippen LogP contribution in [0.2, 0.25) is 0 Å². The number of benzene rings is 1. The summed E-state index contributed by atoms with van der Waals surface area (Å²) in [6.07, 6.45) is 0.296. The molecule has 1 aromatic heterocycles. The van der Waals surface area contributed by atoms with Gasteiger partial charge in [-0.1, -0.05) is 53.1 Å². The van der Waals surface area contributed by atoms with Crippen LogP contribution in [-0.4, -0.2) is 34.2 Å². The molecule has 0 aliphatic heterocycles. The monoisotopic (exact) mass is 418 g/mol. The number of nitrogens with zero attached hydrogens (tertiary/aromatic N) is 4. The third-order valence-electron chi connectivity index (χ3n) is 3.42. The van der Waals surface area contributed by atoms with E-state index in [1.165, 1.54) is 23.1 Å². The van der Waals surface area contributed by atoms with E-state index in [0.717, 1.165) is 36.8 Å². The van der Waals surface area contributed by atoms with Gasteiger partial charge in [-0.15, -0.1) is 10.2 Å². The van der Waals surface area contributed by atoms with Crippen LogP contribution in [0.1, 0.15) is 24.5 Å². The summed E-state index contributed by atoms with van der Waals surface area (Å²) in [5, 5.41) is 17.2. The molecule has 0 saturated carbocycles. The fourth-order valence-electron chi connectivity index (χ4n) is 2.37. The number of thioether (sulfide) groups is 2. The molecule has 2 rings (SSSR count). The van der Waals surface area contributed by atoms with Crippen LogP contribution in [-0.2, 0) is 4.79 Å². The minimum absolute atomic E-state index is 0.0356. The number of hydrogen-bond donors (Lipinski definition) is 0. The van der Waals surface area contributed by atoms with E-state index in [2.05, 4.69) is 28.9 Å². The molecule has 0 aliphatic carbocycles. The average Bonchev–Trinajstić information content (AvgIpc) is 3.05. The zero-order valence-corrected chi connectivity index (χ0v) is 18.1. The maximum Gasteiger partial charge on any atom is 0.237 e. The van der Waals surface area contributed by atoms with E-state index in [4.69, 9.17) is 5.26 Å². The molecular formula is C19H22N4OS3. The highest BCUT2D eigenvalue weighted by Gasteiger charge is 2.17. The Bertz CT molecular complexity index is 837. The summed E-state index contributed by atoms with van der Waals surface area (Å²) in [4.78, 5) is 14.5. The molecule has 0 saturated heterocycles. The summed E-state index contributed by atoms with van der Waals surface area (Å²) < 4.78 is 1.65. The summed E-state index contributed by atoms with van der Waals surface area (Å²) in [5.41, 5.74) is 4.11. The van der Waals surface area contributed by atoms with Crippen molar-refractivity contribution in [3.8, 4) is 6.07 Å². The van der Waals surface area contributed by atoms with Crippen molar-refractivity contribution in [2.75, 3.05) is 23.0 Å². The van der Waals surface area contributed by atoms with Gasteiger partial charge in [0.2, 0.25) is 5.91 Å². The molecule has 0 atom stereocenters. The van der Waals surface area contributed by atoms with E-state index in [0.29, 0.717) is 13.0 Å². The summed E-state index contributed by atoms with van der Waals surface area (Å²) in [6.45, 7) is 10.2. The van der Waals surface area contributed by atoms with Gasteiger partial charge in [0.25, 0.3) is 0 Å². The molecule has 0 unspecified atom stereocenters. The third-order valence-corrected chi connectivity index (χ3v) is 6.82. The summed E-state index contributed by atoms with van der Waals surface area (Å²) in [6, 6.07) is 8.14. The fourth-order valence-corrected chi connectivity index (χ4v) is 5.11. The van der Waals surface area contributed by atoms with Gasteiger partial charge in [0.15, 0.2) is 8.68 Å². The van der Waals surface area contributed by atoms with Gasteiger partial charge in [-0.3, -0.25) is 4.79 Å². The minimum atomic E-state index is -0.0356. The highest BCUT2D eigenvalue weighted by molar-refractivity contribution is 8.03. The Morgan fingerprint density at radius 1 is 1.19 bits per heavy atom. The van der Waals surface area contributed by atoms with Gasteiger partial charge in [0.05, 0.1) is 18.2 Å². The molecule has 8 heteroatoms. The first-order valence-electron chi connectivity index (χ1n) is 8.38. The molecule has 0 fully saturated rings. The summed E-state index contributed by atoms with van der Waals surface area (Å²) >= 11 is 4.47. The molecule has 0 N–H and O–H groups in total. The molecule has 142 valence electrons. The Kier molecular flexibility index (Phi) is 8.35. The second-order valence-electron chi connectivity index (χ2n) is 6.17. The molecule has 0 spiro atoms. The maximum absolute atomic E-state index is 12.8. The molecule has 1 aromatic carbocycles. The second kappa shape index (κ2) is 10.5. The first-order chi connectivity index (χ1) is 12.9. The highest BCUT2D eigenvalue weighted by Crippen LogP contribution is 2.30. The van der Waals surface area contributed by atoms with E-state index >= 15 is 0 Å². The Hall–Kier alpha value is -1.82. The Morgan fingerprint density at radius 3 is 2.33 bits per heavy atom. The molecule has 0 radical (unpaired) electrons. The van der Waals surface area contributed by atoms with E-state index in [9.17, 15) is 4.79 Å². The Labute approximate surface area is 172 Å². The van der Waals surface area contributed by atoms with Crippen LogP contribution < -0.4 is 4.90 Å². The smallest absolute Gasteiger partial charge is 0.237 e. The topological polar surface area (TPSA) is 69.9 Å². The van der Waals surface area contributed by atoms with Gasteiger partial charge in [-0.2, -0.15) is 5.26 Å². The van der Waals surface area contributed by atoms with Crippen molar-refractivity contribution in [1.29, 1.82) is 5.26 Å². The predicted octanol–water partition coefficient (Wildman–Crippen LogP) is 4.86. The lowest BCUT2D eigenvalue weighted by atomic mass is 10.1. The Balaban J connectivity index is 2.03. The molecule has 2 aromatic rings. The number of carbonyl (C=O) groups excluding carboxylic acids is 1. The zero-order chi connectivity index (χ0) is 19.8. The van der Waals surface area contributed by atoms with Crippen LogP contribution in [0.5, 0.6) is 0 Å². The SMILES string of the molecule is C=C(C)CSc1nnc(SCC(=O)N(CCC#N)c2cc(C)cc(C)c2)s1. The number of amides is 1. The number of rotatable bonds is 9. The second-order valence-corrected chi connectivity index (χ2v) is 9.59. The lowest BCUT2D eigenvalue weighted by Crippen LogP contribution is -2.33. The molecule has 0 aliphatic rings. The van der Waals surface area contributed by atoms with E-state index in [-0.39, 0.29) is 11.7 Å². The Morgan fingerprint density at radius 2 is 1.78 bits per heavy atom. The van der Waals surface area contributed by atoms with Gasteiger partial charge >= 0.3 is 0 Å². The van der Waals surface area contributed by atoms with Crippen molar-refractivity contribution in [3.05, 3.63) is 41.5 Å². The van der Waals surface area contributed by atoms with Crippen LogP contribution >= 0.6 is 34.9 Å². The number of aromatic nitrogens is 2. The number of aryl methyl sites for hydroxylation is 2. The minimum Gasteiger partial charge on any atom is -0.311 e.